The van der Waals surface area contributed by atoms with Crippen molar-refractivity contribution < 1.29 is 9.68 Å². The zero-order valence-corrected chi connectivity index (χ0v) is 17.2. The standard InChI is InChI=1S/C23H27N3O2/c1-6-20(15-14-19-12-8-7-10-17(19)2)25-28-16-22-18(3)11-9-13-21(22)23(24-4)26-27-5/h7-13H,6,16H2,1-5H3,(H,24,26)/b25-20+. The molecule has 0 fully saturated rings. The molecule has 0 saturated carbocycles. The molecule has 0 unspecified atom stereocenters. The number of aryl methyl sites for hydroxylation is 2. The van der Waals surface area contributed by atoms with Crippen LogP contribution in [-0.4, -0.2) is 25.7 Å². The Labute approximate surface area is 167 Å². The lowest BCUT2D eigenvalue weighted by Gasteiger charge is -2.13. The zero-order chi connectivity index (χ0) is 20.4. The van der Waals surface area contributed by atoms with Gasteiger partial charge >= 0.3 is 0 Å². The largest absolute Gasteiger partial charge is 0.397 e. The summed E-state index contributed by atoms with van der Waals surface area (Å²) < 4.78 is 0. The molecule has 0 aliphatic heterocycles. The summed E-state index contributed by atoms with van der Waals surface area (Å²) in [4.78, 5) is 10.6. The van der Waals surface area contributed by atoms with E-state index in [2.05, 4.69) is 27.5 Å². The second-order valence-corrected chi connectivity index (χ2v) is 6.20. The minimum absolute atomic E-state index is 0.321. The average Bonchev–Trinajstić information content (AvgIpc) is 2.71. The maximum atomic E-state index is 5.65. The molecule has 2 aromatic rings. The molecule has 5 nitrogen and oxygen atoms in total. The molecule has 0 radical (unpaired) electrons. The third kappa shape index (κ3) is 5.62. The van der Waals surface area contributed by atoms with Gasteiger partial charge in [-0.05, 0) is 43.4 Å². The fraction of sp³-hybridized carbons (Fsp3) is 0.304. The lowest BCUT2D eigenvalue weighted by molar-refractivity contribution is 0.130. The summed E-state index contributed by atoms with van der Waals surface area (Å²) >= 11 is 0. The molecule has 0 heterocycles. The predicted octanol–water partition coefficient (Wildman–Crippen LogP) is 4.17. The van der Waals surface area contributed by atoms with Gasteiger partial charge in [-0.25, -0.2) is 0 Å². The van der Waals surface area contributed by atoms with E-state index >= 15 is 0 Å². The van der Waals surface area contributed by atoms with Gasteiger partial charge in [-0.3, -0.25) is 0 Å². The van der Waals surface area contributed by atoms with Crippen molar-refractivity contribution in [2.75, 3.05) is 14.2 Å². The molecule has 146 valence electrons. The minimum Gasteiger partial charge on any atom is -0.397 e. The first-order chi connectivity index (χ1) is 13.6. The first kappa shape index (κ1) is 21.0. The van der Waals surface area contributed by atoms with Crippen LogP contribution < -0.4 is 5.32 Å². The van der Waals surface area contributed by atoms with Crippen LogP contribution in [0, 0.1) is 25.7 Å². The quantitative estimate of drug-likeness (QED) is 0.356. The van der Waals surface area contributed by atoms with Gasteiger partial charge in [-0.15, -0.1) is 0 Å². The molecule has 1 N–H and O–H groups in total. The van der Waals surface area contributed by atoms with Gasteiger partial charge in [0.05, 0.1) is 0 Å². The SMILES string of the molecule is CC/C(C#Cc1ccccc1C)=N\OCc1c(C)cccc1/C(=N\OC)NC. The predicted molar refractivity (Wildman–Crippen MR) is 114 cm³/mol. The molecule has 0 aliphatic carbocycles. The van der Waals surface area contributed by atoms with Gasteiger partial charge in [-0.1, -0.05) is 59.6 Å². The second-order valence-electron chi connectivity index (χ2n) is 6.20. The Balaban J connectivity index is 2.19. The van der Waals surface area contributed by atoms with Crippen LogP contribution in [0.5, 0.6) is 0 Å². The highest BCUT2D eigenvalue weighted by atomic mass is 16.6. The van der Waals surface area contributed by atoms with Crippen LogP contribution in [-0.2, 0) is 16.3 Å². The Morgan fingerprint density at radius 2 is 1.79 bits per heavy atom. The van der Waals surface area contributed by atoms with Crippen molar-refractivity contribution in [3.05, 3.63) is 70.3 Å². The number of oxime groups is 2. The lowest BCUT2D eigenvalue weighted by Crippen LogP contribution is -2.22. The summed E-state index contributed by atoms with van der Waals surface area (Å²) in [5.74, 6) is 6.93. The molecule has 0 aliphatic rings. The van der Waals surface area contributed by atoms with E-state index in [-0.39, 0.29) is 0 Å². The number of benzene rings is 2. The molecule has 0 atom stereocenters. The summed E-state index contributed by atoms with van der Waals surface area (Å²) in [5, 5.41) is 11.3. The van der Waals surface area contributed by atoms with Gasteiger partial charge in [-0.2, -0.15) is 0 Å². The molecule has 0 bridgehead atoms. The van der Waals surface area contributed by atoms with Crippen molar-refractivity contribution in [3.8, 4) is 11.8 Å². The number of nitrogens with one attached hydrogen (secondary N) is 1. The van der Waals surface area contributed by atoms with E-state index in [1.54, 1.807) is 7.05 Å². The van der Waals surface area contributed by atoms with Crippen molar-refractivity contribution in [1.29, 1.82) is 0 Å². The van der Waals surface area contributed by atoms with Crippen LogP contribution in [0.1, 0.15) is 41.2 Å². The van der Waals surface area contributed by atoms with Crippen LogP contribution >= 0.6 is 0 Å². The highest BCUT2D eigenvalue weighted by Gasteiger charge is 2.12. The van der Waals surface area contributed by atoms with Crippen molar-refractivity contribution in [2.45, 2.75) is 33.8 Å². The maximum absolute atomic E-state index is 5.65. The number of amidine groups is 1. The smallest absolute Gasteiger partial charge is 0.173 e. The lowest BCUT2D eigenvalue weighted by atomic mass is 10.0. The average molecular weight is 377 g/mol. The molecule has 0 saturated heterocycles. The topological polar surface area (TPSA) is 55.2 Å². The van der Waals surface area contributed by atoms with Gasteiger partial charge in [0.1, 0.15) is 19.4 Å². The molecule has 0 amide bonds. The van der Waals surface area contributed by atoms with E-state index in [4.69, 9.17) is 9.68 Å². The number of rotatable bonds is 6. The normalized spacial score (nSPS) is 11.5. The first-order valence-electron chi connectivity index (χ1n) is 9.24. The Kier molecular flexibility index (Phi) is 8.11. The van der Waals surface area contributed by atoms with Crippen molar-refractivity contribution in [3.63, 3.8) is 0 Å². The molecule has 0 aromatic heterocycles. The third-order valence-electron chi connectivity index (χ3n) is 4.29. The Bertz CT molecular complexity index is 921. The van der Waals surface area contributed by atoms with Gasteiger partial charge < -0.3 is 15.0 Å². The van der Waals surface area contributed by atoms with Crippen LogP contribution in [0.25, 0.3) is 0 Å². The molecule has 0 spiro atoms. The van der Waals surface area contributed by atoms with Gasteiger partial charge in [0.2, 0.25) is 0 Å². The van der Waals surface area contributed by atoms with Crippen molar-refractivity contribution >= 4 is 11.5 Å². The Morgan fingerprint density at radius 1 is 1.04 bits per heavy atom. The number of hydrogen-bond acceptors (Lipinski definition) is 4. The summed E-state index contributed by atoms with van der Waals surface area (Å²) in [6.45, 7) is 6.41. The van der Waals surface area contributed by atoms with E-state index in [9.17, 15) is 0 Å². The summed E-state index contributed by atoms with van der Waals surface area (Å²) in [5.41, 5.74) is 5.86. The van der Waals surface area contributed by atoms with Crippen LogP contribution in [0.4, 0.5) is 0 Å². The van der Waals surface area contributed by atoms with Crippen molar-refractivity contribution in [2.24, 2.45) is 10.3 Å². The fourth-order valence-electron chi connectivity index (χ4n) is 2.64. The van der Waals surface area contributed by atoms with E-state index in [1.165, 1.54) is 7.11 Å². The van der Waals surface area contributed by atoms with E-state index in [0.717, 1.165) is 27.8 Å². The molecular weight excluding hydrogens is 350 g/mol. The summed E-state index contributed by atoms with van der Waals surface area (Å²) in [6.07, 6.45) is 0.701. The molecule has 5 heteroatoms. The maximum Gasteiger partial charge on any atom is 0.173 e. The van der Waals surface area contributed by atoms with Crippen LogP contribution in [0.3, 0.4) is 0 Å². The van der Waals surface area contributed by atoms with E-state index in [0.29, 0.717) is 24.6 Å². The minimum atomic E-state index is 0.321. The monoisotopic (exact) mass is 377 g/mol. The summed E-state index contributed by atoms with van der Waals surface area (Å²) in [6, 6.07) is 14.0. The van der Waals surface area contributed by atoms with E-state index < -0.39 is 0 Å². The highest BCUT2D eigenvalue weighted by molar-refractivity contribution is 6.00. The number of nitrogens with zero attached hydrogens (tertiary/aromatic N) is 2. The number of hydrogen-bond donors (Lipinski definition) is 1. The molecule has 2 rings (SSSR count). The highest BCUT2D eigenvalue weighted by Crippen LogP contribution is 2.16. The van der Waals surface area contributed by atoms with Crippen LogP contribution in [0.2, 0.25) is 0 Å². The summed E-state index contributed by atoms with van der Waals surface area (Å²) in [7, 11) is 3.33. The Morgan fingerprint density at radius 3 is 2.46 bits per heavy atom. The van der Waals surface area contributed by atoms with Crippen LogP contribution in [0.15, 0.2) is 52.8 Å². The molecule has 28 heavy (non-hydrogen) atoms. The second kappa shape index (κ2) is 10.8. The first-order valence-corrected chi connectivity index (χ1v) is 9.24. The van der Waals surface area contributed by atoms with Gasteiger partial charge in [0.15, 0.2) is 5.84 Å². The Hall–Kier alpha value is -3.26. The van der Waals surface area contributed by atoms with Gasteiger partial charge in [0.25, 0.3) is 0 Å². The van der Waals surface area contributed by atoms with Crippen molar-refractivity contribution in [1.82, 2.24) is 5.32 Å². The van der Waals surface area contributed by atoms with E-state index in [1.807, 2.05) is 63.2 Å². The zero-order valence-electron chi connectivity index (χ0n) is 17.2. The third-order valence-corrected chi connectivity index (χ3v) is 4.29. The molecular formula is C23H27N3O2. The fourth-order valence-corrected chi connectivity index (χ4v) is 2.64. The van der Waals surface area contributed by atoms with Gasteiger partial charge in [0, 0.05) is 23.7 Å². The molecule has 2 aromatic carbocycles.